The quantitative estimate of drug-likeness (QED) is 0.764. The molecule has 2 rings (SSSR count). The topological polar surface area (TPSA) is 18.5 Å². The molecule has 0 amide bonds. The lowest BCUT2D eigenvalue weighted by Crippen LogP contribution is -2.30. The number of halogens is 2. The third-order valence-corrected chi connectivity index (χ3v) is 3.12. The highest BCUT2D eigenvalue weighted by Crippen LogP contribution is 2.35. The highest BCUT2D eigenvalue weighted by atomic mass is 35.5. The van der Waals surface area contributed by atoms with Crippen molar-refractivity contribution in [2.75, 3.05) is 18.4 Å². The van der Waals surface area contributed by atoms with Gasteiger partial charge >= 0.3 is 0 Å². The maximum atomic E-state index is 5.93. The van der Waals surface area contributed by atoms with Crippen molar-refractivity contribution in [1.29, 1.82) is 0 Å². The van der Waals surface area contributed by atoms with E-state index in [1.807, 2.05) is 30.3 Å². The fourth-order valence-corrected chi connectivity index (χ4v) is 2.08. The summed E-state index contributed by atoms with van der Waals surface area (Å²) >= 11 is 11.7. The third-order valence-electron chi connectivity index (χ3n) is 2.42. The van der Waals surface area contributed by atoms with Gasteiger partial charge < -0.3 is 9.47 Å². The van der Waals surface area contributed by atoms with Crippen LogP contribution in [-0.2, 0) is 15.3 Å². The molecule has 1 heterocycles. The van der Waals surface area contributed by atoms with Gasteiger partial charge in [-0.25, -0.2) is 0 Å². The molecule has 0 N–H and O–H groups in total. The van der Waals surface area contributed by atoms with E-state index in [2.05, 4.69) is 0 Å². The van der Waals surface area contributed by atoms with Crippen LogP contribution in [0.1, 0.15) is 5.56 Å². The summed E-state index contributed by atoms with van der Waals surface area (Å²) in [5.74, 6) is -0.127. The Morgan fingerprint density at radius 3 is 2.53 bits per heavy atom. The Kier molecular flexibility index (Phi) is 3.52. The van der Waals surface area contributed by atoms with E-state index >= 15 is 0 Å². The van der Waals surface area contributed by atoms with Gasteiger partial charge in [-0.3, -0.25) is 0 Å². The molecule has 1 saturated heterocycles. The molecule has 2 atom stereocenters. The van der Waals surface area contributed by atoms with Gasteiger partial charge in [0.25, 0.3) is 0 Å². The van der Waals surface area contributed by atoms with Crippen molar-refractivity contribution >= 4 is 23.2 Å². The second-order valence-electron chi connectivity index (χ2n) is 3.46. The minimum absolute atomic E-state index is 0.0781. The first-order valence-electron chi connectivity index (χ1n) is 4.80. The van der Waals surface area contributed by atoms with Crippen LogP contribution in [-0.4, -0.2) is 24.5 Å². The Hall–Kier alpha value is -0.280. The molecule has 2 nitrogen and oxygen atoms in total. The van der Waals surface area contributed by atoms with E-state index in [9.17, 15) is 0 Å². The Bertz CT molecular complexity index is 318. The minimum atomic E-state index is -0.817. The van der Waals surface area contributed by atoms with Gasteiger partial charge in [0.1, 0.15) is 0 Å². The first kappa shape index (κ1) is 11.2. The molecule has 1 aromatic carbocycles. The molecule has 1 aliphatic heterocycles. The first-order chi connectivity index (χ1) is 7.30. The molecular weight excluding hydrogens is 235 g/mol. The number of hydrogen-bond donors (Lipinski definition) is 0. The number of ether oxygens (including phenoxy) is 2. The highest BCUT2D eigenvalue weighted by Gasteiger charge is 2.42. The maximum absolute atomic E-state index is 5.93. The Morgan fingerprint density at radius 1 is 1.27 bits per heavy atom. The molecule has 4 heteroatoms. The molecule has 1 aromatic rings. The van der Waals surface area contributed by atoms with Gasteiger partial charge in [0.15, 0.2) is 0 Å². The zero-order valence-electron chi connectivity index (χ0n) is 8.16. The van der Waals surface area contributed by atoms with Gasteiger partial charge in [-0.15, -0.1) is 23.2 Å². The number of benzene rings is 1. The van der Waals surface area contributed by atoms with Crippen LogP contribution in [0.5, 0.6) is 0 Å². The SMILES string of the molecule is ClC[C@@H]1CO[C@@](CCl)(c2ccccc2)O1. The lowest BCUT2D eigenvalue weighted by Gasteiger charge is -2.25. The van der Waals surface area contributed by atoms with Crippen LogP contribution >= 0.6 is 23.2 Å². The fraction of sp³-hybridized carbons (Fsp3) is 0.455. The lowest BCUT2D eigenvalue weighted by molar-refractivity contribution is -0.156. The largest absolute Gasteiger partial charge is 0.342 e. The second kappa shape index (κ2) is 4.71. The summed E-state index contributed by atoms with van der Waals surface area (Å²) in [5.41, 5.74) is 0.938. The summed E-state index contributed by atoms with van der Waals surface area (Å²) in [7, 11) is 0. The molecule has 0 bridgehead atoms. The Morgan fingerprint density at radius 2 is 2.00 bits per heavy atom. The average Bonchev–Trinajstić information content (AvgIpc) is 2.75. The fourth-order valence-electron chi connectivity index (χ4n) is 1.63. The number of hydrogen-bond acceptors (Lipinski definition) is 2. The summed E-state index contributed by atoms with van der Waals surface area (Å²) < 4.78 is 11.4. The van der Waals surface area contributed by atoms with Gasteiger partial charge in [0.2, 0.25) is 5.79 Å². The molecule has 0 spiro atoms. The van der Waals surface area contributed by atoms with E-state index in [4.69, 9.17) is 32.7 Å². The van der Waals surface area contributed by atoms with Crippen LogP contribution in [0.2, 0.25) is 0 Å². The van der Waals surface area contributed by atoms with Crippen molar-refractivity contribution in [3.8, 4) is 0 Å². The normalized spacial score (nSPS) is 30.7. The standard InChI is InChI=1S/C11H12Cl2O2/c12-6-10-7-14-11(8-13,15-10)9-4-2-1-3-5-9/h1-5,10H,6-8H2/t10-,11-/m1/s1. The molecule has 0 saturated carbocycles. The van der Waals surface area contributed by atoms with Gasteiger partial charge in [-0.1, -0.05) is 30.3 Å². The van der Waals surface area contributed by atoms with E-state index in [-0.39, 0.29) is 12.0 Å². The number of alkyl halides is 2. The molecule has 15 heavy (non-hydrogen) atoms. The van der Waals surface area contributed by atoms with Gasteiger partial charge in [0, 0.05) is 5.56 Å². The van der Waals surface area contributed by atoms with Crippen molar-refractivity contribution in [1.82, 2.24) is 0 Å². The molecule has 82 valence electrons. The van der Waals surface area contributed by atoms with Crippen molar-refractivity contribution in [3.05, 3.63) is 35.9 Å². The van der Waals surface area contributed by atoms with Crippen molar-refractivity contribution in [3.63, 3.8) is 0 Å². The molecular formula is C11H12Cl2O2. The molecule has 0 aromatic heterocycles. The zero-order chi connectivity index (χ0) is 10.7. The summed E-state index contributed by atoms with van der Waals surface area (Å²) in [6, 6.07) is 9.70. The summed E-state index contributed by atoms with van der Waals surface area (Å²) in [6.07, 6.45) is -0.0781. The summed E-state index contributed by atoms with van der Waals surface area (Å²) in [4.78, 5) is 0. The minimum Gasteiger partial charge on any atom is -0.342 e. The van der Waals surface area contributed by atoms with E-state index in [1.54, 1.807) is 0 Å². The third kappa shape index (κ3) is 2.13. The molecule has 0 aliphatic carbocycles. The molecule has 0 unspecified atom stereocenters. The van der Waals surface area contributed by atoms with E-state index in [1.165, 1.54) is 0 Å². The first-order valence-corrected chi connectivity index (χ1v) is 5.87. The van der Waals surface area contributed by atoms with Gasteiger partial charge in [-0.05, 0) is 0 Å². The molecule has 1 aliphatic rings. The Balaban J connectivity index is 2.24. The monoisotopic (exact) mass is 246 g/mol. The van der Waals surface area contributed by atoms with Crippen LogP contribution in [0.15, 0.2) is 30.3 Å². The van der Waals surface area contributed by atoms with Gasteiger partial charge in [-0.2, -0.15) is 0 Å². The van der Waals surface area contributed by atoms with E-state index in [0.717, 1.165) is 5.56 Å². The van der Waals surface area contributed by atoms with Crippen LogP contribution < -0.4 is 0 Å². The molecule has 1 fully saturated rings. The lowest BCUT2D eigenvalue weighted by atomic mass is 10.1. The van der Waals surface area contributed by atoms with Gasteiger partial charge in [0.05, 0.1) is 24.5 Å². The second-order valence-corrected chi connectivity index (χ2v) is 4.03. The van der Waals surface area contributed by atoms with E-state index < -0.39 is 5.79 Å². The highest BCUT2D eigenvalue weighted by molar-refractivity contribution is 6.18. The summed E-state index contributed by atoms with van der Waals surface area (Å²) in [5, 5.41) is 0. The van der Waals surface area contributed by atoms with Crippen molar-refractivity contribution in [2.24, 2.45) is 0 Å². The predicted molar refractivity (Wildman–Crippen MR) is 60.4 cm³/mol. The number of rotatable bonds is 3. The van der Waals surface area contributed by atoms with Crippen molar-refractivity contribution in [2.45, 2.75) is 11.9 Å². The van der Waals surface area contributed by atoms with Crippen LogP contribution in [0, 0.1) is 0 Å². The molecule has 0 radical (unpaired) electrons. The van der Waals surface area contributed by atoms with E-state index in [0.29, 0.717) is 12.5 Å². The van der Waals surface area contributed by atoms with Crippen LogP contribution in [0.4, 0.5) is 0 Å². The Labute approximate surface area is 99.1 Å². The summed E-state index contributed by atoms with van der Waals surface area (Å²) in [6.45, 7) is 0.491. The maximum Gasteiger partial charge on any atom is 0.209 e. The predicted octanol–water partition coefficient (Wildman–Crippen LogP) is 2.73. The average molecular weight is 247 g/mol. The smallest absolute Gasteiger partial charge is 0.209 e. The van der Waals surface area contributed by atoms with Crippen LogP contribution in [0.25, 0.3) is 0 Å². The zero-order valence-corrected chi connectivity index (χ0v) is 9.67. The van der Waals surface area contributed by atoms with Crippen molar-refractivity contribution < 1.29 is 9.47 Å². The van der Waals surface area contributed by atoms with Crippen LogP contribution in [0.3, 0.4) is 0 Å².